The summed E-state index contributed by atoms with van der Waals surface area (Å²) >= 11 is 0. The molecular formula is C23H28N4O2. The highest BCUT2D eigenvalue weighted by Gasteiger charge is 2.38. The average Bonchev–Trinajstić information content (AvgIpc) is 3.05. The van der Waals surface area contributed by atoms with Crippen molar-refractivity contribution in [3.05, 3.63) is 48.0 Å². The predicted octanol–water partition coefficient (Wildman–Crippen LogP) is 3.97. The summed E-state index contributed by atoms with van der Waals surface area (Å²) in [6, 6.07) is 12.8. The van der Waals surface area contributed by atoms with Gasteiger partial charge in [0.2, 0.25) is 0 Å². The molecule has 3 aromatic rings. The van der Waals surface area contributed by atoms with Crippen molar-refractivity contribution in [2.24, 2.45) is 0 Å². The van der Waals surface area contributed by atoms with Gasteiger partial charge in [-0.2, -0.15) is 0 Å². The quantitative estimate of drug-likeness (QED) is 0.543. The number of imidazole rings is 1. The Morgan fingerprint density at radius 3 is 2.34 bits per heavy atom. The van der Waals surface area contributed by atoms with Gasteiger partial charge in [0.05, 0.1) is 5.52 Å². The van der Waals surface area contributed by atoms with Gasteiger partial charge in [0, 0.05) is 28.2 Å². The Balaban J connectivity index is 1.50. The smallest absolute Gasteiger partial charge is 0.251 e. The Bertz CT molecular complexity index is 1030. The van der Waals surface area contributed by atoms with Gasteiger partial charge < -0.3 is 20.7 Å². The minimum atomic E-state index is -0.0581. The number of H-pyrrole nitrogens is 1. The van der Waals surface area contributed by atoms with Crippen molar-refractivity contribution >= 4 is 16.9 Å². The molecule has 4 rings (SSSR count). The summed E-state index contributed by atoms with van der Waals surface area (Å²) in [6.07, 6.45) is 1.78. The number of fused-ring (bicyclic) bond motifs is 1. The van der Waals surface area contributed by atoms with Crippen LogP contribution in [0.3, 0.4) is 0 Å². The van der Waals surface area contributed by atoms with Crippen LogP contribution in [0.15, 0.2) is 42.5 Å². The number of aromatic amines is 1. The van der Waals surface area contributed by atoms with Crippen LogP contribution >= 0.6 is 0 Å². The number of benzene rings is 2. The van der Waals surface area contributed by atoms with E-state index in [2.05, 4.69) is 48.3 Å². The molecule has 0 saturated carbocycles. The van der Waals surface area contributed by atoms with Gasteiger partial charge in [-0.3, -0.25) is 4.79 Å². The van der Waals surface area contributed by atoms with Crippen LogP contribution in [-0.4, -0.2) is 38.1 Å². The number of hydrogen-bond acceptors (Lipinski definition) is 4. The van der Waals surface area contributed by atoms with Crippen LogP contribution in [0.25, 0.3) is 22.4 Å². The molecular weight excluding hydrogens is 364 g/mol. The van der Waals surface area contributed by atoms with Crippen LogP contribution in [0.4, 0.5) is 0 Å². The topological polar surface area (TPSA) is 90.0 Å². The number of phenols is 1. The number of aromatic nitrogens is 2. The fourth-order valence-corrected chi connectivity index (χ4v) is 4.63. The zero-order valence-electron chi connectivity index (χ0n) is 17.3. The molecule has 6 heteroatoms. The highest BCUT2D eigenvalue weighted by molar-refractivity contribution is 5.95. The molecule has 0 bridgehead atoms. The molecule has 1 fully saturated rings. The molecule has 1 aliphatic rings. The van der Waals surface area contributed by atoms with Gasteiger partial charge in [-0.1, -0.05) is 18.2 Å². The van der Waals surface area contributed by atoms with Crippen LogP contribution in [0.2, 0.25) is 0 Å². The number of carbonyl (C=O) groups excluding carboxylic acids is 1. The minimum Gasteiger partial charge on any atom is -0.506 e. The molecule has 0 atom stereocenters. The number of piperidine rings is 1. The van der Waals surface area contributed by atoms with Gasteiger partial charge in [-0.25, -0.2) is 4.98 Å². The fraction of sp³-hybridized carbons (Fsp3) is 0.391. The molecule has 29 heavy (non-hydrogen) atoms. The number of hydrogen-bond donors (Lipinski definition) is 4. The van der Waals surface area contributed by atoms with E-state index < -0.39 is 0 Å². The van der Waals surface area contributed by atoms with Gasteiger partial charge >= 0.3 is 0 Å². The summed E-state index contributed by atoms with van der Waals surface area (Å²) in [6.45, 7) is 8.69. The minimum absolute atomic E-state index is 0.0175. The van der Waals surface area contributed by atoms with Gasteiger partial charge in [0.25, 0.3) is 5.91 Å². The number of nitrogens with one attached hydrogen (secondary N) is 3. The van der Waals surface area contributed by atoms with Crippen molar-refractivity contribution in [2.75, 3.05) is 0 Å². The first-order chi connectivity index (χ1) is 13.6. The molecule has 0 spiro atoms. The third kappa shape index (κ3) is 4.12. The van der Waals surface area contributed by atoms with E-state index in [4.69, 9.17) is 0 Å². The molecule has 0 unspecified atom stereocenters. The van der Waals surface area contributed by atoms with E-state index in [9.17, 15) is 9.90 Å². The summed E-state index contributed by atoms with van der Waals surface area (Å²) in [5.41, 5.74) is 2.77. The molecule has 4 N–H and O–H groups in total. The van der Waals surface area contributed by atoms with E-state index in [0.717, 1.165) is 23.9 Å². The Hall–Kier alpha value is -2.86. The Kier molecular flexibility index (Phi) is 4.62. The molecule has 2 heterocycles. The maximum Gasteiger partial charge on any atom is 0.251 e. The molecule has 6 nitrogen and oxygen atoms in total. The molecule has 2 aromatic carbocycles. The molecule has 0 radical (unpaired) electrons. The molecule has 152 valence electrons. The average molecular weight is 393 g/mol. The highest BCUT2D eigenvalue weighted by atomic mass is 16.3. The number of carbonyl (C=O) groups is 1. The third-order valence-corrected chi connectivity index (χ3v) is 5.44. The van der Waals surface area contributed by atoms with Crippen molar-refractivity contribution in [1.29, 1.82) is 0 Å². The van der Waals surface area contributed by atoms with Gasteiger partial charge in [-0.15, -0.1) is 0 Å². The Morgan fingerprint density at radius 1 is 1.07 bits per heavy atom. The number of rotatable bonds is 3. The first kappa shape index (κ1) is 19.5. The summed E-state index contributed by atoms with van der Waals surface area (Å²) < 4.78 is 0. The van der Waals surface area contributed by atoms with E-state index in [1.165, 1.54) is 0 Å². The van der Waals surface area contributed by atoms with Gasteiger partial charge in [-0.05, 0) is 64.8 Å². The number of nitrogens with zero attached hydrogens (tertiary/aromatic N) is 1. The van der Waals surface area contributed by atoms with Crippen LogP contribution in [-0.2, 0) is 0 Å². The second-order valence-corrected chi connectivity index (χ2v) is 9.31. The highest BCUT2D eigenvalue weighted by Crippen LogP contribution is 2.29. The molecule has 1 aromatic heterocycles. The zero-order valence-corrected chi connectivity index (χ0v) is 17.3. The lowest BCUT2D eigenvalue weighted by Gasteiger charge is -2.46. The second kappa shape index (κ2) is 6.88. The standard InChI is InChI=1S/C23H28N4O2/c1-22(2)12-16(13-23(3,4)27-22)24-21(29)15-10-8-14(9-11-15)20-25-17-6-5-7-18(28)19(17)26-20/h5-11,16,27-28H,12-13H2,1-4H3,(H,24,29)(H,25,26). The van der Waals surface area contributed by atoms with Crippen molar-refractivity contribution < 1.29 is 9.90 Å². The molecule has 0 aliphatic carbocycles. The predicted molar refractivity (Wildman–Crippen MR) is 115 cm³/mol. The lowest BCUT2D eigenvalue weighted by atomic mass is 9.79. The number of aromatic hydroxyl groups is 1. The maximum atomic E-state index is 12.8. The summed E-state index contributed by atoms with van der Waals surface area (Å²) in [5, 5.41) is 16.8. The van der Waals surface area contributed by atoms with E-state index in [1.807, 2.05) is 30.3 Å². The second-order valence-electron chi connectivity index (χ2n) is 9.31. The molecule has 1 amide bonds. The van der Waals surface area contributed by atoms with Crippen LogP contribution < -0.4 is 10.6 Å². The SMILES string of the molecule is CC1(C)CC(NC(=O)c2ccc(-c3nc4c(O)cccc4[nH]3)cc2)CC(C)(C)N1. The largest absolute Gasteiger partial charge is 0.506 e. The van der Waals surface area contributed by atoms with Gasteiger partial charge in [0.15, 0.2) is 0 Å². The van der Waals surface area contributed by atoms with Crippen molar-refractivity contribution in [2.45, 2.75) is 57.7 Å². The van der Waals surface area contributed by atoms with E-state index in [0.29, 0.717) is 16.9 Å². The summed E-state index contributed by atoms with van der Waals surface area (Å²) in [5.74, 6) is 0.751. The van der Waals surface area contributed by atoms with E-state index in [-0.39, 0.29) is 28.8 Å². The first-order valence-corrected chi connectivity index (χ1v) is 10.0. The third-order valence-electron chi connectivity index (χ3n) is 5.44. The lowest BCUT2D eigenvalue weighted by molar-refractivity contribution is 0.0873. The lowest BCUT2D eigenvalue weighted by Crippen LogP contribution is -2.62. The van der Waals surface area contributed by atoms with Crippen molar-refractivity contribution in [1.82, 2.24) is 20.6 Å². The number of amides is 1. The molecule has 1 aliphatic heterocycles. The number of para-hydroxylation sites is 1. The molecule has 1 saturated heterocycles. The van der Waals surface area contributed by atoms with Crippen LogP contribution in [0, 0.1) is 0 Å². The van der Waals surface area contributed by atoms with E-state index in [1.54, 1.807) is 12.1 Å². The first-order valence-electron chi connectivity index (χ1n) is 10.0. The Labute approximate surface area is 170 Å². The summed E-state index contributed by atoms with van der Waals surface area (Å²) in [4.78, 5) is 20.5. The van der Waals surface area contributed by atoms with Gasteiger partial charge in [0.1, 0.15) is 17.1 Å². The van der Waals surface area contributed by atoms with Crippen LogP contribution in [0.5, 0.6) is 5.75 Å². The van der Waals surface area contributed by atoms with Crippen molar-refractivity contribution in [3.63, 3.8) is 0 Å². The van der Waals surface area contributed by atoms with Crippen molar-refractivity contribution in [3.8, 4) is 17.1 Å². The zero-order chi connectivity index (χ0) is 20.8. The normalized spacial score (nSPS) is 18.6. The summed E-state index contributed by atoms with van der Waals surface area (Å²) in [7, 11) is 0. The Morgan fingerprint density at radius 2 is 1.72 bits per heavy atom. The fourth-order valence-electron chi connectivity index (χ4n) is 4.63. The maximum absolute atomic E-state index is 12.8. The monoisotopic (exact) mass is 392 g/mol. The number of phenolic OH excluding ortho intramolecular Hbond substituents is 1. The van der Waals surface area contributed by atoms with Crippen LogP contribution in [0.1, 0.15) is 50.9 Å². The van der Waals surface area contributed by atoms with E-state index >= 15 is 0 Å².